The van der Waals surface area contributed by atoms with E-state index in [4.69, 9.17) is 4.74 Å². The maximum absolute atomic E-state index is 11.7. The van der Waals surface area contributed by atoms with Gasteiger partial charge in [-0.25, -0.2) is 0 Å². The molecule has 5 aliphatic carbocycles. The lowest BCUT2D eigenvalue weighted by molar-refractivity contribution is -0.165. The van der Waals surface area contributed by atoms with Crippen LogP contribution in [0.15, 0.2) is 11.6 Å². The maximum Gasteiger partial charge on any atom is 0.302 e. The second kappa shape index (κ2) is 8.62. The summed E-state index contributed by atoms with van der Waals surface area (Å²) in [6.45, 7) is 19.0. The predicted octanol–water partition coefficient (Wildman–Crippen LogP) is 8.99. The Kier molecular flexibility index (Phi) is 6.37. The van der Waals surface area contributed by atoms with Gasteiger partial charge in [0.25, 0.3) is 0 Å². The normalized spacial score (nSPS) is 49.5. The van der Waals surface area contributed by atoms with Crippen LogP contribution < -0.4 is 0 Å². The third-order valence-electron chi connectivity index (χ3n) is 13.7. The molecule has 0 unspecified atom stereocenters. The average Bonchev–Trinajstić information content (AvgIpc) is 3.38. The molecule has 198 valence electrons. The number of carbonyl (C=O) groups excluding carboxylic acids is 1. The average molecular weight is 483 g/mol. The summed E-state index contributed by atoms with van der Waals surface area (Å²) in [5, 5.41) is 0. The van der Waals surface area contributed by atoms with Crippen LogP contribution in [0, 0.1) is 57.2 Å². The summed E-state index contributed by atoms with van der Waals surface area (Å²) in [6, 6.07) is 0. The summed E-state index contributed by atoms with van der Waals surface area (Å²) in [7, 11) is 0. The van der Waals surface area contributed by atoms with Crippen LogP contribution in [0.2, 0.25) is 0 Å². The lowest BCUT2D eigenvalue weighted by atomic mass is 9.43. The lowest BCUT2D eigenvalue weighted by Crippen LogP contribution is -2.56. The van der Waals surface area contributed by atoms with Crippen LogP contribution in [0.25, 0.3) is 0 Å². The van der Waals surface area contributed by atoms with Crippen molar-refractivity contribution in [3.8, 4) is 0 Å². The second-order valence-electron chi connectivity index (χ2n) is 14.8. The Balaban J connectivity index is 1.34. The van der Waals surface area contributed by atoms with E-state index in [2.05, 4.69) is 54.5 Å². The Labute approximate surface area is 216 Å². The Bertz CT molecular complexity index is 872. The molecule has 0 aromatic rings. The number of hydrogen-bond acceptors (Lipinski definition) is 2. The summed E-state index contributed by atoms with van der Waals surface area (Å²) in [4.78, 5) is 11.7. The molecule has 0 amide bonds. The fourth-order valence-electron chi connectivity index (χ4n) is 11.7. The lowest BCUT2D eigenvalue weighted by Gasteiger charge is -2.62. The Morgan fingerprint density at radius 1 is 0.971 bits per heavy atom. The van der Waals surface area contributed by atoms with Gasteiger partial charge in [0.2, 0.25) is 0 Å². The van der Waals surface area contributed by atoms with Crippen molar-refractivity contribution in [1.82, 2.24) is 0 Å². The van der Waals surface area contributed by atoms with Gasteiger partial charge < -0.3 is 4.74 Å². The summed E-state index contributed by atoms with van der Waals surface area (Å²) >= 11 is 0. The molecule has 2 spiro atoms. The van der Waals surface area contributed by atoms with Gasteiger partial charge in [-0.2, -0.15) is 0 Å². The van der Waals surface area contributed by atoms with Crippen LogP contribution in [-0.4, -0.2) is 12.1 Å². The first-order valence-corrected chi connectivity index (χ1v) is 15.3. The zero-order chi connectivity index (χ0) is 25.4. The molecule has 0 aliphatic heterocycles. The quantitative estimate of drug-likeness (QED) is 0.279. The van der Waals surface area contributed by atoms with E-state index in [1.54, 1.807) is 12.5 Å². The van der Waals surface area contributed by atoms with E-state index < -0.39 is 0 Å². The first-order chi connectivity index (χ1) is 16.5. The van der Waals surface area contributed by atoms with E-state index in [0.29, 0.717) is 33.5 Å². The van der Waals surface area contributed by atoms with E-state index >= 15 is 0 Å². The van der Waals surface area contributed by atoms with Gasteiger partial charge in [-0.05, 0) is 135 Å². The van der Waals surface area contributed by atoms with E-state index in [0.717, 1.165) is 30.1 Å². The van der Waals surface area contributed by atoms with Gasteiger partial charge in [-0.1, -0.05) is 53.2 Å². The topological polar surface area (TPSA) is 26.3 Å². The highest BCUT2D eigenvalue weighted by Gasteiger charge is 2.81. The maximum atomic E-state index is 11.7. The molecular formula is C33H54O2. The van der Waals surface area contributed by atoms with Crippen LogP contribution in [0.5, 0.6) is 0 Å². The highest BCUT2D eigenvalue weighted by atomic mass is 16.5. The summed E-state index contributed by atoms with van der Waals surface area (Å²) in [6.07, 6.45) is 17.7. The van der Waals surface area contributed by atoms with Crippen LogP contribution in [-0.2, 0) is 9.53 Å². The van der Waals surface area contributed by atoms with Crippen molar-refractivity contribution in [1.29, 1.82) is 0 Å². The SMILES string of the molecule is C/C=C(/CC[C@@H](C)[C@H]1CC[C@@]2(C)[C@H]3CC[C@@H]4[C@H](C)[C@@H](OC(C)=O)CC[C@@]45C[C@]35CC[C@]12C)C(C)C. The predicted molar refractivity (Wildman–Crippen MR) is 145 cm³/mol. The van der Waals surface area contributed by atoms with Gasteiger partial charge in [0.05, 0.1) is 0 Å². The molecular weight excluding hydrogens is 428 g/mol. The van der Waals surface area contributed by atoms with Crippen LogP contribution in [0.1, 0.15) is 126 Å². The molecule has 2 nitrogen and oxygen atoms in total. The van der Waals surface area contributed by atoms with E-state index in [9.17, 15) is 4.79 Å². The molecule has 5 saturated carbocycles. The molecule has 35 heavy (non-hydrogen) atoms. The first-order valence-electron chi connectivity index (χ1n) is 15.3. The Morgan fingerprint density at radius 3 is 2.37 bits per heavy atom. The van der Waals surface area contributed by atoms with Crippen molar-refractivity contribution in [2.75, 3.05) is 0 Å². The van der Waals surface area contributed by atoms with E-state index in [-0.39, 0.29) is 12.1 Å². The highest BCUT2D eigenvalue weighted by Crippen LogP contribution is 2.88. The van der Waals surface area contributed by atoms with Crippen molar-refractivity contribution < 1.29 is 9.53 Å². The van der Waals surface area contributed by atoms with Crippen molar-refractivity contribution in [3.05, 3.63) is 11.6 Å². The number of ether oxygens (including phenoxy) is 1. The Hall–Kier alpha value is -0.790. The summed E-state index contributed by atoms with van der Waals surface area (Å²) < 4.78 is 5.81. The molecule has 5 fully saturated rings. The van der Waals surface area contributed by atoms with Crippen molar-refractivity contribution >= 4 is 5.97 Å². The monoisotopic (exact) mass is 482 g/mol. The second-order valence-corrected chi connectivity index (χ2v) is 14.8. The number of carbonyl (C=O) groups is 1. The summed E-state index contributed by atoms with van der Waals surface area (Å²) in [5.41, 5.74) is 3.84. The molecule has 0 heterocycles. The molecule has 0 N–H and O–H groups in total. The van der Waals surface area contributed by atoms with Gasteiger partial charge in [0, 0.05) is 6.92 Å². The molecule has 0 aromatic carbocycles. The first kappa shape index (κ1) is 25.8. The third-order valence-corrected chi connectivity index (χ3v) is 13.7. The smallest absolute Gasteiger partial charge is 0.302 e. The molecule has 5 aliphatic rings. The van der Waals surface area contributed by atoms with Gasteiger partial charge in [0.15, 0.2) is 0 Å². The van der Waals surface area contributed by atoms with Crippen molar-refractivity contribution in [3.63, 3.8) is 0 Å². The zero-order valence-electron chi connectivity index (χ0n) is 24.2. The molecule has 5 rings (SSSR count). The summed E-state index contributed by atoms with van der Waals surface area (Å²) in [5.74, 6) is 4.55. The minimum atomic E-state index is -0.0843. The van der Waals surface area contributed by atoms with Crippen molar-refractivity contribution in [2.45, 2.75) is 132 Å². The van der Waals surface area contributed by atoms with Gasteiger partial charge in [0.1, 0.15) is 6.10 Å². The fourth-order valence-corrected chi connectivity index (χ4v) is 11.7. The molecule has 10 atom stereocenters. The minimum Gasteiger partial charge on any atom is -0.462 e. The third kappa shape index (κ3) is 3.49. The molecule has 0 bridgehead atoms. The fraction of sp³-hybridized carbons (Fsp3) is 0.909. The van der Waals surface area contributed by atoms with Crippen LogP contribution in [0.4, 0.5) is 0 Å². The Morgan fingerprint density at radius 2 is 1.71 bits per heavy atom. The number of rotatable bonds is 6. The van der Waals surface area contributed by atoms with Crippen LogP contribution in [0.3, 0.4) is 0 Å². The molecule has 0 radical (unpaired) electrons. The van der Waals surface area contributed by atoms with E-state index in [1.165, 1.54) is 64.2 Å². The van der Waals surface area contributed by atoms with Gasteiger partial charge >= 0.3 is 5.97 Å². The van der Waals surface area contributed by atoms with Gasteiger partial charge in [-0.3, -0.25) is 4.79 Å². The minimum absolute atomic E-state index is 0.0843. The number of hydrogen-bond donors (Lipinski definition) is 0. The standard InChI is InChI=1S/C33H54O2/c1-9-25(21(2)3)11-10-22(4)26-14-16-31(8)29-13-12-27-23(5)28(35-24(6)34)15-17-32(27)20-33(29,32)19-18-30(26,31)7/h9,21-23,26-29H,10-20H2,1-8H3/b25-9-/t22-,23+,26-,27-,28+,29-,30-,31+,32-,33-/m1/s1. The van der Waals surface area contributed by atoms with Crippen LogP contribution >= 0.6 is 0 Å². The molecule has 0 saturated heterocycles. The zero-order valence-corrected chi connectivity index (χ0v) is 24.2. The molecule has 2 heteroatoms. The van der Waals surface area contributed by atoms with Gasteiger partial charge in [-0.15, -0.1) is 0 Å². The number of fused-ring (bicyclic) bond motifs is 2. The number of allylic oxidation sites excluding steroid dienone is 2. The van der Waals surface area contributed by atoms with E-state index in [1.807, 2.05) is 0 Å². The highest BCUT2D eigenvalue weighted by molar-refractivity contribution is 5.66. The van der Waals surface area contributed by atoms with Crippen molar-refractivity contribution in [2.24, 2.45) is 57.2 Å². The largest absolute Gasteiger partial charge is 0.462 e. The number of esters is 1. The molecule has 0 aromatic heterocycles.